The van der Waals surface area contributed by atoms with E-state index in [-0.39, 0.29) is 18.4 Å². The van der Waals surface area contributed by atoms with E-state index in [0.29, 0.717) is 30.1 Å². The molecule has 9 nitrogen and oxygen atoms in total. The number of benzene rings is 1. The maximum Gasteiger partial charge on any atom is 0.262 e. The fraction of sp³-hybridized carbons (Fsp3) is 0.250. The minimum Gasteiger partial charge on any atom is -0.472 e. The van der Waals surface area contributed by atoms with Crippen molar-refractivity contribution in [2.24, 2.45) is 7.05 Å². The van der Waals surface area contributed by atoms with Gasteiger partial charge in [0.25, 0.3) is 11.8 Å². The van der Waals surface area contributed by atoms with Gasteiger partial charge < -0.3 is 19.4 Å². The third kappa shape index (κ3) is 3.82. The molecule has 0 saturated heterocycles. The summed E-state index contributed by atoms with van der Waals surface area (Å²) in [5.74, 6) is -0.0129. The summed E-state index contributed by atoms with van der Waals surface area (Å²) in [6.45, 7) is 4.30. The van der Waals surface area contributed by atoms with Crippen LogP contribution >= 0.6 is 0 Å². The van der Waals surface area contributed by atoms with Crippen LogP contribution in [0.1, 0.15) is 27.2 Å². The lowest BCUT2D eigenvalue weighted by molar-refractivity contribution is -0.118. The first-order valence-electron chi connectivity index (χ1n) is 10.6. The molecule has 9 heteroatoms. The van der Waals surface area contributed by atoms with Crippen LogP contribution in [0.5, 0.6) is 5.88 Å². The average molecular weight is 445 g/mol. The van der Waals surface area contributed by atoms with Crippen LogP contribution < -0.4 is 15.0 Å². The molecule has 1 aromatic carbocycles. The number of ether oxygens (including phenoxy) is 1. The van der Waals surface area contributed by atoms with Crippen molar-refractivity contribution in [1.82, 2.24) is 14.8 Å². The largest absolute Gasteiger partial charge is 0.472 e. The van der Waals surface area contributed by atoms with Gasteiger partial charge in [-0.1, -0.05) is 0 Å². The molecule has 0 unspecified atom stereocenters. The van der Waals surface area contributed by atoms with Crippen LogP contribution in [-0.4, -0.2) is 39.7 Å². The van der Waals surface area contributed by atoms with Crippen molar-refractivity contribution in [3.63, 3.8) is 0 Å². The highest BCUT2D eigenvalue weighted by atomic mass is 16.5. The topological polar surface area (TPSA) is 102 Å². The molecule has 33 heavy (non-hydrogen) atoms. The van der Waals surface area contributed by atoms with Gasteiger partial charge in [-0.15, -0.1) is 5.10 Å². The molecule has 0 aliphatic carbocycles. The molecule has 1 aliphatic rings. The number of carbonyl (C=O) groups is 2. The summed E-state index contributed by atoms with van der Waals surface area (Å²) >= 11 is 0. The number of nitrogens with zero attached hydrogens (tertiary/aromatic N) is 4. The third-order valence-electron chi connectivity index (χ3n) is 5.70. The Kier molecular flexibility index (Phi) is 5.08. The zero-order valence-corrected chi connectivity index (χ0v) is 18.6. The van der Waals surface area contributed by atoms with Gasteiger partial charge in [0, 0.05) is 30.7 Å². The van der Waals surface area contributed by atoms with E-state index in [0.717, 1.165) is 33.5 Å². The van der Waals surface area contributed by atoms with Gasteiger partial charge in [-0.25, -0.2) is 9.67 Å². The zero-order valence-electron chi connectivity index (χ0n) is 18.6. The van der Waals surface area contributed by atoms with E-state index in [2.05, 4.69) is 15.4 Å². The zero-order chi connectivity index (χ0) is 23.1. The van der Waals surface area contributed by atoms with E-state index in [9.17, 15) is 9.59 Å². The van der Waals surface area contributed by atoms with E-state index < -0.39 is 0 Å². The Morgan fingerprint density at radius 2 is 2.06 bits per heavy atom. The molecule has 1 N–H and O–H groups in total. The number of aryl methyl sites for hydroxylation is 3. The molecule has 0 fully saturated rings. The summed E-state index contributed by atoms with van der Waals surface area (Å²) in [6.07, 6.45) is 3.64. The molecular weight excluding hydrogens is 422 g/mol. The third-order valence-corrected chi connectivity index (χ3v) is 5.70. The maximum absolute atomic E-state index is 12.7. The second kappa shape index (κ2) is 8.09. The Morgan fingerprint density at radius 1 is 1.21 bits per heavy atom. The number of pyridine rings is 1. The fourth-order valence-electron chi connectivity index (χ4n) is 4.21. The lowest BCUT2D eigenvalue weighted by Crippen LogP contribution is -2.28. The number of rotatable bonds is 5. The van der Waals surface area contributed by atoms with Gasteiger partial charge in [0.05, 0.1) is 17.2 Å². The molecule has 4 heterocycles. The van der Waals surface area contributed by atoms with Gasteiger partial charge in [0.15, 0.2) is 12.3 Å². The van der Waals surface area contributed by atoms with Crippen molar-refractivity contribution in [3.8, 4) is 5.88 Å². The van der Waals surface area contributed by atoms with Crippen LogP contribution in [0, 0.1) is 13.8 Å². The van der Waals surface area contributed by atoms with Crippen LogP contribution in [0.3, 0.4) is 0 Å². The summed E-state index contributed by atoms with van der Waals surface area (Å²) in [7, 11) is 1.80. The van der Waals surface area contributed by atoms with Crippen molar-refractivity contribution in [2.45, 2.75) is 20.3 Å². The van der Waals surface area contributed by atoms with E-state index >= 15 is 0 Å². The summed E-state index contributed by atoms with van der Waals surface area (Å²) in [4.78, 5) is 31.4. The first kappa shape index (κ1) is 20.7. The standard InChI is InChI=1S/C24H23N5O4/c1-14-10-15(2)25-22-21(14)23(27-28(22)3)33-13-20(30)26-18-4-5-19-16(11-18)6-8-29(19)24(31)17-7-9-32-12-17/h4-5,7,9-12H,6,8,13H2,1-3H3,(H,26,30). The molecule has 0 radical (unpaired) electrons. The minimum absolute atomic E-state index is 0.102. The Labute approximate surface area is 190 Å². The SMILES string of the molecule is Cc1cc(C)c2c(OCC(=O)Nc3ccc4c(c3)CCN4C(=O)c3ccoc3)nn(C)c2n1. The number of carbonyl (C=O) groups excluding carboxylic acids is 2. The Bertz CT molecular complexity index is 1370. The number of fused-ring (bicyclic) bond motifs is 2. The number of aromatic nitrogens is 3. The molecule has 0 spiro atoms. The van der Waals surface area contributed by atoms with Crippen LogP contribution in [0.15, 0.2) is 47.3 Å². The summed E-state index contributed by atoms with van der Waals surface area (Å²) in [6, 6.07) is 9.13. The van der Waals surface area contributed by atoms with Crippen molar-refractivity contribution in [2.75, 3.05) is 23.4 Å². The molecule has 3 aromatic heterocycles. The molecule has 0 atom stereocenters. The molecule has 4 aromatic rings. The monoisotopic (exact) mass is 445 g/mol. The summed E-state index contributed by atoms with van der Waals surface area (Å²) < 4.78 is 12.4. The van der Waals surface area contributed by atoms with Crippen LogP contribution in [0.2, 0.25) is 0 Å². The molecule has 5 rings (SSSR count). The number of amides is 2. The molecule has 1 aliphatic heterocycles. The predicted molar refractivity (Wildman–Crippen MR) is 123 cm³/mol. The van der Waals surface area contributed by atoms with Crippen molar-refractivity contribution in [3.05, 3.63) is 65.2 Å². The number of hydrogen-bond donors (Lipinski definition) is 1. The van der Waals surface area contributed by atoms with Gasteiger partial charge in [-0.05, 0) is 61.7 Å². The van der Waals surface area contributed by atoms with E-state index in [1.807, 2.05) is 32.0 Å². The molecular formula is C24H23N5O4. The van der Waals surface area contributed by atoms with Crippen LogP contribution in [0.25, 0.3) is 11.0 Å². The fourth-order valence-corrected chi connectivity index (χ4v) is 4.21. The predicted octanol–water partition coefficient (Wildman–Crippen LogP) is 3.40. The van der Waals surface area contributed by atoms with Crippen LogP contribution in [-0.2, 0) is 18.3 Å². The summed E-state index contributed by atoms with van der Waals surface area (Å²) in [5.41, 5.74) is 5.62. The lowest BCUT2D eigenvalue weighted by atomic mass is 10.1. The van der Waals surface area contributed by atoms with Gasteiger partial charge in [-0.3, -0.25) is 9.59 Å². The first-order chi connectivity index (χ1) is 15.9. The quantitative estimate of drug-likeness (QED) is 0.505. The van der Waals surface area contributed by atoms with Crippen molar-refractivity contribution in [1.29, 1.82) is 0 Å². The van der Waals surface area contributed by atoms with Crippen LogP contribution in [0.4, 0.5) is 11.4 Å². The number of nitrogens with one attached hydrogen (secondary N) is 1. The molecule has 2 amide bonds. The highest BCUT2D eigenvalue weighted by molar-refractivity contribution is 6.07. The summed E-state index contributed by atoms with van der Waals surface area (Å²) in [5, 5.41) is 8.03. The van der Waals surface area contributed by atoms with Crippen molar-refractivity contribution >= 4 is 34.2 Å². The van der Waals surface area contributed by atoms with Gasteiger partial charge >= 0.3 is 0 Å². The minimum atomic E-state index is -0.296. The first-order valence-corrected chi connectivity index (χ1v) is 10.6. The second-order valence-corrected chi connectivity index (χ2v) is 8.11. The number of furan rings is 1. The Morgan fingerprint density at radius 3 is 2.85 bits per heavy atom. The number of hydrogen-bond acceptors (Lipinski definition) is 6. The highest BCUT2D eigenvalue weighted by Crippen LogP contribution is 2.32. The van der Waals surface area contributed by atoms with Gasteiger partial charge in [0.1, 0.15) is 6.26 Å². The van der Waals surface area contributed by atoms with E-state index in [4.69, 9.17) is 9.15 Å². The van der Waals surface area contributed by atoms with Gasteiger partial charge in [-0.2, -0.15) is 0 Å². The average Bonchev–Trinajstić information content (AvgIpc) is 3.51. The molecule has 168 valence electrons. The normalized spacial score (nSPS) is 12.8. The van der Waals surface area contributed by atoms with E-state index in [1.54, 1.807) is 28.8 Å². The second-order valence-electron chi connectivity index (χ2n) is 8.11. The molecule has 0 bridgehead atoms. The van der Waals surface area contributed by atoms with Gasteiger partial charge in [0.2, 0.25) is 5.88 Å². The maximum atomic E-state index is 12.7. The van der Waals surface area contributed by atoms with E-state index in [1.165, 1.54) is 12.5 Å². The Hall–Kier alpha value is -4.14. The highest BCUT2D eigenvalue weighted by Gasteiger charge is 2.26. The van der Waals surface area contributed by atoms with Crippen molar-refractivity contribution < 1.29 is 18.7 Å². The Balaban J connectivity index is 1.26. The smallest absolute Gasteiger partial charge is 0.262 e. The number of anilines is 2. The molecule has 0 saturated carbocycles. The lowest BCUT2D eigenvalue weighted by Gasteiger charge is -2.16.